The van der Waals surface area contributed by atoms with Gasteiger partial charge in [0.05, 0.1) is 11.6 Å². The van der Waals surface area contributed by atoms with Crippen molar-refractivity contribution in [2.45, 2.75) is 12.8 Å². The third-order valence-corrected chi connectivity index (χ3v) is 3.74. The van der Waals surface area contributed by atoms with Crippen molar-refractivity contribution in [1.82, 2.24) is 14.5 Å². The van der Waals surface area contributed by atoms with Crippen LogP contribution in [0.25, 0.3) is 16.9 Å². The fourth-order valence-electron chi connectivity index (χ4n) is 2.15. The molecule has 0 bridgehead atoms. The minimum atomic E-state index is -0.301. The van der Waals surface area contributed by atoms with E-state index in [4.69, 9.17) is 11.6 Å². The Kier molecular flexibility index (Phi) is 3.48. The monoisotopic (exact) mass is 353 g/mol. The van der Waals surface area contributed by atoms with E-state index in [2.05, 4.69) is 25.9 Å². The zero-order valence-electron chi connectivity index (χ0n) is 10.6. The topological polar surface area (TPSA) is 30.7 Å². The van der Waals surface area contributed by atoms with E-state index in [-0.39, 0.29) is 11.7 Å². The van der Waals surface area contributed by atoms with Gasteiger partial charge in [-0.3, -0.25) is 4.57 Å². The van der Waals surface area contributed by atoms with Crippen molar-refractivity contribution in [2.75, 3.05) is 0 Å². The van der Waals surface area contributed by atoms with Crippen molar-refractivity contribution in [2.24, 2.45) is 0 Å². The van der Waals surface area contributed by atoms with E-state index < -0.39 is 0 Å². The number of pyridine rings is 1. The minimum Gasteiger partial charge on any atom is -0.279 e. The number of hydrogen-bond acceptors (Lipinski definition) is 2. The number of nitrogens with zero attached hydrogens (tertiary/aromatic N) is 3. The molecule has 3 nitrogen and oxygen atoms in total. The van der Waals surface area contributed by atoms with Gasteiger partial charge in [-0.05, 0) is 46.6 Å². The number of hydrogen-bond donors (Lipinski definition) is 0. The van der Waals surface area contributed by atoms with Crippen LogP contribution in [0.15, 0.2) is 34.9 Å². The van der Waals surface area contributed by atoms with E-state index in [0.29, 0.717) is 17.2 Å². The largest absolute Gasteiger partial charge is 0.279 e. The first-order valence-electron chi connectivity index (χ1n) is 5.95. The Bertz CT molecular complexity index is 800. The summed E-state index contributed by atoms with van der Waals surface area (Å²) < 4.78 is 16.2. The molecule has 2 heterocycles. The molecule has 1 aromatic carbocycles. The predicted octanol–water partition coefficient (Wildman–Crippen LogP) is 4.37. The molecule has 0 spiro atoms. The summed E-state index contributed by atoms with van der Waals surface area (Å²) in [4.78, 5) is 8.82. The number of imidazole rings is 1. The molecule has 3 aromatic rings. The molecule has 3 rings (SSSR count). The van der Waals surface area contributed by atoms with Crippen LogP contribution in [0.4, 0.5) is 4.39 Å². The molecule has 0 atom stereocenters. The third-order valence-electron chi connectivity index (χ3n) is 3.06. The first-order valence-corrected chi connectivity index (χ1v) is 7.28. The van der Waals surface area contributed by atoms with Crippen molar-refractivity contribution in [3.63, 3.8) is 0 Å². The summed E-state index contributed by atoms with van der Waals surface area (Å²) in [5.41, 5.74) is 3.02. The lowest BCUT2D eigenvalue weighted by Crippen LogP contribution is -2.03. The summed E-state index contributed by atoms with van der Waals surface area (Å²) in [5, 5.41) is 0. The Labute approximate surface area is 128 Å². The predicted molar refractivity (Wildman–Crippen MR) is 80.8 cm³/mol. The highest BCUT2D eigenvalue weighted by molar-refractivity contribution is 9.10. The molecule has 20 heavy (non-hydrogen) atoms. The SMILES string of the molecule is Cc1ccc(F)cc1-n1c(CCl)nc2cc(Br)cnc21. The van der Waals surface area contributed by atoms with Gasteiger partial charge in [-0.2, -0.15) is 0 Å². The molecule has 0 unspecified atom stereocenters. The summed E-state index contributed by atoms with van der Waals surface area (Å²) in [7, 11) is 0. The number of halogens is 3. The highest BCUT2D eigenvalue weighted by atomic mass is 79.9. The second-order valence-corrected chi connectivity index (χ2v) is 5.61. The van der Waals surface area contributed by atoms with Gasteiger partial charge in [0.15, 0.2) is 5.65 Å². The maximum absolute atomic E-state index is 13.5. The maximum atomic E-state index is 13.5. The second kappa shape index (κ2) is 5.14. The maximum Gasteiger partial charge on any atom is 0.164 e. The quantitative estimate of drug-likeness (QED) is 0.640. The van der Waals surface area contributed by atoms with Crippen LogP contribution in [-0.4, -0.2) is 14.5 Å². The van der Waals surface area contributed by atoms with E-state index in [1.807, 2.05) is 13.0 Å². The Morgan fingerprint density at radius 2 is 2.15 bits per heavy atom. The molecule has 0 fully saturated rings. The molecular formula is C14H10BrClFN3. The van der Waals surface area contributed by atoms with Crippen LogP contribution in [0, 0.1) is 12.7 Å². The Morgan fingerprint density at radius 3 is 2.90 bits per heavy atom. The highest BCUT2D eigenvalue weighted by Gasteiger charge is 2.15. The van der Waals surface area contributed by atoms with E-state index in [0.717, 1.165) is 15.6 Å². The Morgan fingerprint density at radius 1 is 1.35 bits per heavy atom. The summed E-state index contributed by atoms with van der Waals surface area (Å²) in [5.74, 6) is 0.565. The van der Waals surface area contributed by atoms with Crippen LogP contribution < -0.4 is 0 Å². The van der Waals surface area contributed by atoms with Gasteiger partial charge >= 0.3 is 0 Å². The number of rotatable bonds is 2. The molecule has 6 heteroatoms. The van der Waals surface area contributed by atoms with Gasteiger partial charge in [-0.1, -0.05) is 6.07 Å². The molecule has 102 valence electrons. The average molecular weight is 355 g/mol. The first-order chi connectivity index (χ1) is 9.60. The lowest BCUT2D eigenvalue weighted by atomic mass is 10.2. The number of benzene rings is 1. The zero-order chi connectivity index (χ0) is 14.3. The Hall–Kier alpha value is -1.46. The normalized spacial score (nSPS) is 11.2. The van der Waals surface area contributed by atoms with E-state index >= 15 is 0 Å². The van der Waals surface area contributed by atoms with Crippen molar-refractivity contribution in [3.05, 3.63) is 52.1 Å². The number of fused-ring (bicyclic) bond motifs is 1. The van der Waals surface area contributed by atoms with Gasteiger partial charge in [-0.15, -0.1) is 11.6 Å². The molecule has 0 saturated heterocycles. The molecule has 0 aliphatic heterocycles. The van der Waals surface area contributed by atoms with Gasteiger partial charge < -0.3 is 0 Å². The lowest BCUT2D eigenvalue weighted by Gasteiger charge is -2.10. The first kappa shape index (κ1) is 13.5. The third kappa shape index (κ3) is 2.21. The van der Waals surface area contributed by atoms with Crippen LogP contribution >= 0.6 is 27.5 Å². The fourth-order valence-corrected chi connectivity index (χ4v) is 2.65. The van der Waals surface area contributed by atoms with E-state index in [1.54, 1.807) is 16.8 Å². The smallest absolute Gasteiger partial charge is 0.164 e. The molecule has 2 aromatic heterocycles. The molecule has 0 aliphatic rings. The van der Waals surface area contributed by atoms with Crippen LogP contribution in [0.1, 0.15) is 11.4 Å². The number of aromatic nitrogens is 3. The summed E-state index contributed by atoms with van der Waals surface area (Å²) in [6, 6.07) is 6.50. The van der Waals surface area contributed by atoms with E-state index in [1.165, 1.54) is 12.1 Å². The van der Waals surface area contributed by atoms with Gasteiger partial charge in [0.25, 0.3) is 0 Å². The molecule has 0 aliphatic carbocycles. The average Bonchev–Trinajstić information content (AvgIpc) is 2.78. The van der Waals surface area contributed by atoms with Crippen LogP contribution in [0.5, 0.6) is 0 Å². The van der Waals surface area contributed by atoms with Gasteiger partial charge in [0.1, 0.15) is 17.2 Å². The van der Waals surface area contributed by atoms with Crippen molar-refractivity contribution in [1.29, 1.82) is 0 Å². The van der Waals surface area contributed by atoms with Crippen molar-refractivity contribution < 1.29 is 4.39 Å². The zero-order valence-corrected chi connectivity index (χ0v) is 12.9. The van der Waals surface area contributed by atoms with Crippen LogP contribution in [-0.2, 0) is 5.88 Å². The highest BCUT2D eigenvalue weighted by Crippen LogP contribution is 2.25. The second-order valence-electron chi connectivity index (χ2n) is 4.42. The van der Waals surface area contributed by atoms with Crippen LogP contribution in [0.3, 0.4) is 0 Å². The molecule has 0 saturated carbocycles. The van der Waals surface area contributed by atoms with Crippen LogP contribution in [0.2, 0.25) is 0 Å². The number of alkyl halides is 1. The minimum absolute atomic E-state index is 0.226. The lowest BCUT2D eigenvalue weighted by molar-refractivity contribution is 0.626. The Balaban J connectivity index is 2.37. The van der Waals surface area contributed by atoms with Crippen molar-refractivity contribution in [3.8, 4) is 5.69 Å². The standard InChI is InChI=1S/C14H10BrClFN3/c1-8-2-3-10(17)5-12(8)20-13(6-16)19-11-4-9(15)7-18-14(11)20/h2-5,7H,6H2,1H3. The molecule has 0 N–H and O–H groups in total. The number of aryl methyl sites for hydroxylation is 1. The summed E-state index contributed by atoms with van der Waals surface area (Å²) >= 11 is 9.33. The molecule has 0 amide bonds. The van der Waals surface area contributed by atoms with Crippen molar-refractivity contribution >= 4 is 38.7 Å². The summed E-state index contributed by atoms with van der Waals surface area (Å²) in [6.07, 6.45) is 1.69. The summed E-state index contributed by atoms with van der Waals surface area (Å²) in [6.45, 7) is 1.91. The molecule has 0 radical (unpaired) electrons. The molecular weight excluding hydrogens is 345 g/mol. The van der Waals surface area contributed by atoms with E-state index in [9.17, 15) is 4.39 Å². The fraction of sp³-hybridized carbons (Fsp3) is 0.143. The van der Waals surface area contributed by atoms with Gasteiger partial charge in [-0.25, -0.2) is 14.4 Å². The van der Waals surface area contributed by atoms with Gasteiger partial charge in [0, 0.05) is 10.7 Å². The van der Waals surface area contributed by atoms with Gasteiger partial charge in [0.2, 0.25) is 0 Å².